The van der Waals surface area contributed by atoms with Crippen molar-refractivity contribution >= 4 is 5.91 Å². The van der Waals surface area contributed by atoms with Crippen molar-refractivity contribution in [1.29, 1.82) is 0 Å². The third kappa shape index (κ3) is 3.09. The number of benzene rings is 1. The number of carbonyl (C=O) groups excluding carboxylic acids is 1. The summed E-state index contributed by atoms with van der Waals surface area (Å²) < 4.78 is 1.94. The van der Waals surface area contributed by atoms with Gasteiger partial charge < -0.3 is 9.47 Å². The quantitative estimate of drug-likeness (QED) is 0.851. The maximum Gasteiger partial charge on any atom is 0.251 e. The number of hydrogen-bond donors (Lipinski definition) is 0. The van der Waals surface area contributed by atoms with Crippen LogP contribution in [0.1, 0.15) is 43.9 Å². The monoisotopic (exact) mass is 350 g/mol. The summed E-state index contributed by atoms with van der Waals surface area (Å²) in [5.41, 5.74) is 4.58. The van der Waals surface area contributed by atoms with E-state index in [1.165, 1.54) is 5.56 Å². The summed E-state index contributed by atoms with van der Waals surface area (Å²) in [5, 5.41) is 0. The summed E-state index contributed by atoms with van der Waals surface area (Å²) in [6.07, 6.45) is 3.29. The standard InChI is InChI=1S/C22H26N2O2/c1-3-4-16-5-7-18(8-6-16)19-10-21-20-9-17(12-23(14-20)15(2)25)13-24(21)22(26)11-19/h5-8,10-11,17,20H,3-4,9,12-14H2,1-2H3/t17-,20+/m0/s1. The summed E-state index contributed by atoms with van der Waals surface area (Å²) in [6, 6.07) is 12.5. The van der Waals surface area contributed by atoms with Gasteiger partial charge in [-0.3, -0.25) is 9.59 Å². The van der Waals surface area contributed by atoms with Crippen molar-refractivity contribution in [1.82, 2.24) is 9.47 Å². The first-order chi connectivity index (χ1) is 12.5. The highest BCUT2D eigenvalue weighted by Gasteiger charge is 2.35. The van der Waals surface area contributed by atoms with Crippen molar-refractivity contribution in [3.05, 3.63) is 58.0 Å². The number of fused-ring (bicyclic) bond motifs is 4. The summed E-state index contributed by atoms with van der Waals surface area (Å²) in [7, 11) is 0. The predicted molar refractivity (Wildman–Crippen MR) is 103 cm³/mol. The summed E-state index contributed by atoms with van der Waals surface area (Å²) in [6.45, 7) is 6.05. The maximum absolute atomic E-state index is 12.8. The van der Waals surface area contributed by atoms with E-state index < -0.39 is 0 Å². The van der Waals surface area contributed by atoms with Crippen LogP contribution in [0.2, 0.25) is 0 Å². The third-order valence-electron chi connectivity index (χ3n) is 5.83. The molecule has 2 aliphatic heterocycles. The SMILES string of the molecule is CCCc1ccc(-c2cc3n(c(=O)c2)C[C@H]2C[C@@H]3CN(C(C)=O)C2)cc1. The van der Waals surface area contributed by atoms with E-state index in [-0.39, 0.29) is 17.4 Å². The zero-order valence-corrected chi connectivity index (χ0v) is 15.6. The number of piperidine rings is 1. The van der Waals surface area contributed by atoms with E-state index in [4.69, 9.17) is 0 Å². The van der Waals surface area contributed by atoms with Crippen molar-refractivity contribution in [3.8, 4) is 11.1 Å². The Morgan fingerprint density at radius 3 is 2.54 bits per heavy atom. The number of aryl methyl sites for hydroxylation is 1. The van der Waals surface area contributed by atoms with Crippen LogP contribution in [-0.4, -0.2) is 28.5 Å². The van der Waals surface area contributed by atoms with E-state index in [2.05, 4.69) is 37.3 Å². The van der Waals surface area contributed by atoms with Crippen LogP contribution in [-0.2, 0) is 17.8 Å². The lowest BCUT2D eigenvalue weighted by Gasteiger charge is -2.42. The second kappa shape index (κ2) is 6.75. The number of amides is 1. The molecule has 2 aliphatic rings. The third-order valence-corrected chi connectivity index (χ3v) is 5.83. The Kier molecular flexibility index (Phi) is 4.43. The molecule has 0 N–H and O–H groups in total. The minimum Gasteiger partial charge on any atom is -0.342 e. The molecule has 0 spiro atoms. The molecular formula is C22H26N2O2. The van der Waals surface area contributed by atoms with Crippen molar-refractivity contribution < 1.29 is 4.79 Å². The van der Waals surface area contributed by atoms with Gasteiger partial charge in [-0.25, -0.2) is 0 Å². The number of rotatable bonds is 3. The van der Waals surface area contributed by atoms with Crippen molar-refractivity contribution in [2.75, 3.05) is 13.1 Å². The Hall–Kier alpha value is -2.36. The highest BCUT2D eigenvalue weighted by Crippen LogP contribution is 2.36. The summed E-state index contributed by atoms with van der Waals surface area (Å²) in [4.78, 5) is 26.5. The highest BCUT2D eigenvalue weighted by atomic mass is 16.2. The smallest absolute Gasteiger partial charge is 0.251 e. The molecule has 1 fully saturated rings. The summed E-state index contributed by atoms with van der Waals surface area (Å²) in [5.74, 6) is 0.790. The van der Waals surface area contributed by atoms with Gasteiger partial charge in [0.1, 0.15) is 0 Å². The lowest BCUT2D eigenvalue weighted by Crippen LogP contribution is -2.48. The second-order valence-electron chi connectivity index (χ2n) is 7.79. The van der Waals surface area contributed by atoms with Gasteiger partial charge in [0.05, 0.1) is 0 Å². The molecule has 1 saturated heterocycles. The van der Waals surface area contributed by atoms with E-state index in [0.717, 1.165) is 55.7 Å². The number of hydrogen-bond acceptors (Lipinski definition) is 2. The molecule has 2 aromatic rings. The van der Waals surface area contributed by atoms with Crippen LogP contribution in [0.25, 0.3) is 11.1 Å². The van der Waals surface area contributed by atoms with Crippen LogP contribution < -0.4 is 5.56 Å². The van der Waals surface area contributed by atoms with Gasteiger partial charge in [0.15, 0.2) is 0 Å². The fourth-order valence-corrected chi connectivity index (χ4v) is 4.54. The molecule has 1 aromatic heterocycles. The van der Waals surface area contributed by atoms with E-state index in [0.29, 0.717) is 5.92 Å². The zero-order valence-electron chi connectivity index (χ0n) is 15.6. The van der Waals surface area contributed by atoms with E-state index in [1.54, 1.807) is 13.0 Å². The van der Waals surface area contributed by atoms with Crippen LogP contribution in [0.3, 0.4) is 0 Å². The molecule has 4 rings (SSSR count). The van der Waals surface area contributed by atoms with Crippen molar-refractivity contribution in [3.63, 3.8) is 0 Å². The molecule has 26 heavy (non-hydrogen) atoms. The van der Waals surface area contributed by atoms with E-state index in [1.807, 2.05) is 9.47 Å². The van der Waals surface area contributed by atoms with Crippen LogP contribution in [0.4, 0.5) is 0 Å². The van der Waals surface area contributed by atoms with Crippen LogP contribution >= 0.6 is 0 Å². The Bertz CT molecular complexity index is 882. The van der Waals surface area contributed by atoms with Crippen molar-refractivity contribution in [2.24, 2.45) is 5.92 Å². The average Bonchev–Trinajstić information content (AvgIpc) is 2.63. The fourth-order valence-electron chi connectivity index (χ4n) is 4.54. The molecule has 0 unspecified atom stereocenters. The van der Waals surface area contributed by atoms with Gasteiger partial charge in [0, 0.05) is 44.2 Å². The lowest BCUT2D eigenvalue weighted by atomic mass is 9.82. The van der Waals surface area contributed by atoms with Crippen LogP contribution in [0.5, 0.6) is 0 Å². The van der Waals surface area contributed by atoms with Gasteiger partial charge in [-0.05, 0) is 41.5 Å². The molecule has 1 amide bonds. The van der Waals surface area contributed by atoms with Crippen molar-refractivity contribution in [2.45, 2.75) is 45.6 Å². The molecular weight excluding hydrogens is 324 g/mol. The average molecular weight is 350 g/mol. The molecule has 0 radical (unpaired) electrons. The zero-order chi connectivity index (χ0) is 18.3. The second-order valence-corrected chi connectivity index (χ2v) is 7.79. The van der Waals surface area contributed by atoms with Gasteiger partial charge >= 0.3 is 0 Å². The van der Waals surface area contributed by atoms with Gasteiger partial charge in [0.25, 0.3) is 5.56 Å². The predicted octanol–water partition coefficient (Wildman–Crippen LogP) is 3.43. The minimum atomic E-state index is 0.0844. The molecule has 2 atom stereocenters. The van der Waals surface area contributed by atoms with Gasteiger partial charge in [-0.15, -0.1) is 0 Å². The Labute approximate surface area is 154 Å². The van der Waals surface area contributed by atoms with E-state index >= 15 is 0 Å². The first kappa shape index (κ1) is 17.1. The minimum absolute atomic E-state index is 0.0844. The largest absolute Gasteiger partial charge is 0.342 e. The van der Waals surface area contributed by atoms with Gasteiger partial charge in [-0.1, -0.05) is 37.6 Å². The number of aromatic nitrogens is 1. The molecule has 136 valence electrons. The first-order valence-corrected chi connectivity index (χ1v) is 9.64. The number of pyridine rings is 1. The molecule has 3 heterocycles. The number of likely N-dealkylation sites (tertiary alicyclic amines) is 1. The van der Waals surface area contributed by atoms with E-state index in [9.17, 15) is 9.59 Å². The molecule has 4 heteroatoms. The number of nitrogens with zero attached hydrogens (tertiary/aromatic N) is 2. The molecule has 2 bridgehead atoms. The highest BCUT2D eigenvalue weighted by molar-refractivity contribution is 5.73. The lowest BCUT2D eigenvalue weighted by molar-refractivity contribution is -0.131. The van der Waals surface area contributed by atoms with Crippen LogP contribution in [0, 0.1) is 5.92 Å². The number of carbonyl (C=O) groups is 1. The Morgan fingerprint density at radius 2 is 1.85 bits per heavy atom. The molecule has 4 nitrogen and oxygen atoms in total. The Balaban J connectivity index is 1.70. The van der Waals surface area contributed by atoms with Crippen LogP contribution in [0.15, 0.2) is 41.2 Å². The van der Waals surface area contributed by atoms with Gasteiger partial charge in [-0.2, -0.15) is 0 Å². The normalized spacial score (nSPS) is 21.4. The van der Waals surface area contributed by atoms with Gasteiger partial charge in [0.2, 0.25) is 5.91 Å². The molecule has 1 aromatic carbocycles. The first-order valence-electron chi connectivity index (χ1n) is 9.64. The topological polar surface area (TPSA) is 42.3 Å². The maximum atomic E-state index is 12.8. The fraction of sp³-hybridized carbons (Fsp3) is 0.455. The molecule has 0 saturated carbocycles. The Morgan fingerprint density at radius 1 is 1.08 bits per heavy atom. The summed E-state index contributed by atoms with van der Waals surface area (Å²) >= 11 is 0. The molecule has 0 aliphatic carbocycles.